The Balaban J connectivity index is 2.10. The lowest BCUT2D eigenvalue weighted by molar-refractivity contribution is -0.122. The van der Waals surface area contributed by atoms with E-state index in [1.807, 2.05) is 0 Å². The maximum atomic E-state index is 13.7. The van der Waals surface area contributed by atoms with Crippen molar-refractivity contribution in [3.63, 3.8) is 0 Å². The van der Waals surface area contributed by atoms with Gasteiger partial charge in [0.1, 0.15) is 11.6 Å². The molecule has 0 spiro atoms. The summed E-state index contributed by atoms with van der Waals surface area (Å²) >= 11 is 3.14. The number of amides is 2. The van der Waals surface area contributed by atoms with E-state index in [0.29, 0.717) is 4.47 Å². The summed E-state index contributed by atoms with van der Waals surface area (Å²) in [6.07, 6.45) is -0.946. The molecular weight excluding hydrogens is 367 g/mol. The van der Waals surface area contributed by atoms with Crippen LogP contribution < -0.4 is 15.8 Å². The van der Waals surface area contributed by atoms with Gasteiger partial charge in [-0.2, -0.15) is 0 Å². The maximum absolute atomic E-state index is 13.7. The van der Waals surface area contributed by atoms with Gasteiger partial charge in [-0.25, -0.2) is 4.39 Å². The summed E-state index contributed by atoms with van der Waals surface area (Å²) in [5.41, 5.74) is 5.46. The maximum Gasteiger partial charge on any atom is 0.265 e. The SMILES string of the molecule is C[C@H](Oc1ccccc1C(N)=O)C(=O)Nc1ccc(Br)cc1F. The molecule has 0 aliphatic carbocycles. The molecule has 0 unspecified atom stereocenters. The van der Waals surface area contributed by atoms with Crippen LogP contribution in [0.15, 0.2) is 46.9 Å². The van der Waals surface area contributed by atoms with Gasteiger partial charge >= 0.3 is 0 Å². The lowest BCUT2D eigenvalue weighted by atomic mass is 10.2. The van der Waals surface area contributed by atoms with E-state index >= 15 is 0 Å². The van der Waals surface area contributed by atoms with Crippen molar-refractivity contribution < 1.29 is 18.7 Å². The molecular formula is C16H14BrFN2O3. The molecule has 0 aromatic heterocycles. The average Bonchev–Trinajstić information content (AvgIpc) is 2.50. The van der Waals surface area contributed by atoms with E-state index < -0.39 is 23.7 Å². The predicted octanol–water partition coefficient (Wildman–Crippen LogP) is 3.09. The average molecular weight is 381 g/mol. The largest absolute Gasteiger partial charge is 0.480 e. The highest BCUT2D eigenvalue weighted by Gasteiger charge is 2.19. The Hall–Kier alpha value is -2.41. The fourth-order valence-electron chi connectivity index (χ4n) is 1.84. The zero-order valence-electron chi connectivity index (χ0n) is 12.2. The van der Waals surface area contributed by atoms with Gasteiger partial charge in [-0.05, 0) is 37.3 Å². The molecule has 0 heterocycles. The minimum atomic E-state index is -0.946. The van der Waals surface area contributed by atoms with Crippen LogP contribution in [0.5, 0.6) is 5.75 Å². The Labute approximate surface area is 140 Å². The molecule has 2 aromatic rings. The first kappa shape index (κ1) is 17.0. The summed E-state index contributed by atoms with van der Waals surface area (Å²) in [6.45, 7) is 1.49. The fraction of sp³-hybridized carbons (Fsp3) is 0.125. The van der Waals surface area contributed by atoms with Gasteiger partial charge in [-0.3, -0.25) is 9.59 Å². The summed E-state index contributed by atoms with van der Waals surface area (Å²) in [5, 5.41) is 2.43. The Morgan fingerprint density at radius 3 is 2.61 bits per heavy atom. The number of hydrogen-bond acceptors (Lipinski definition) is 3. The third-order valence-corrected chi connectivity index (χ3v) is 3.51. The van der Waals surface area contributed by atoms with E-state index in [9.17, 15) is 14.0 Å². The van der Waals surface area contributed by atoms with Crippen molar-refractivity contribution in [1.82, 2.24) is 0 Å². The Bertz CT molecular complexity index is 752. The number of primary amides is 1. The Kier molecular flexibility index (Phi) is 5.33. The van der Waals surface area contributed by atoms with Crippen LogP contribution in [0, 0.1) is 5.82 Å². The molecule has 0 saturated heterocycles. The van der Waals surface area contributed by atoms with Crippen molar-refractivity contribution in [2.45, 2.75) is 13.0 Å². The summed E-state index contributed by atoms with van der Waals surface area (Å²) in [6, 6.07) is 10.6. The molecule has 5 nitrogen and oxygen atoms in total. The summed E-state index contributed by atoms with van der Waals surface area (Å²) < 4.78 is 19.7. The van der Waals surface area contributed by atoms with Gasteiger partial charge in [0, 0.05) is 4.47 Å². The Morgan fingerprint density at radius 1 is 1.26 bits per heavy atom. The number of nitrogens with two attached hydrogens (primary N) is 1. The highest BCUT2D eigenvalue weighted by molar-refractivity contribution is 9.10. The minimum Gasteiger partial charge on any atom is -0.480 e. The number of rotatable bonds is 5. The molecule has 2 aromatic carbocycles. The molecule has 23 heavy (non-hydrogen) atoms. The smallest absolute Gasteiger partial charge is 0.265 e. The predicted molar refractivity (Wildman–Crippen MR) is 87.8 cm³/mol. The number of hydrogen-bond donors (Lipinski definition) is 2. The van der Waals surface area contributed by atoms with E-state index in [0.717, 1.165) is 0 Å². The zero-order valence-corrected chi connectivity index (χ0v) is 13.8. The van der Waals surface area contributed by atoms with Gasteiger partial charge in [0.15, 0.2) is 6.10 Å². The van der Waals surface area contributed by atoms with Crippen molar-refractivity contribution in [3.8, 4) is 5.75 Å². The van der Waals surface area contributed by atoms with E-state index in [1.54, 1.807) is 18.2 Å². The number of carbonyl (C=O) groups excluding carboxylic acids is 2. The summed E-state index contributed by atoms with van der Waals surface area (Å²) in [5.74, 6) is -1.59. The zero-order chi connectivity index (χ0) is 17.0. The van der Waals surface area contributed by atoms with Crippen molar-refractivity contribution in [2.75, 3.05) is 5.32 Å². The lowest BCUT2D eigenvalue weighted by Gasteiger charge is -2.16. The van der Waals surface area contributed by atoms with Crippen molar-refractivity contribution in [2.24, 2.45) is 5.73 Å². The first-order chi connectivity index (χ1) is 10.9. The standard InChI is InChI=1S/C16H14BrFN2O3/c1-9(23-14-5-3-2-4-11(14)15(19)21)16(22)20-13-7-6-10(17)8-12(13)18/h2-9H,1H3,(H2,19,21)(H,20,22)/t9-/m0/s1. The first-order valence-electron chi connectivity index (χ1n) is 6.70. The molecule has 0 aliphatic heterocycles. The molecule has 0 radical (unpaired) electrons. The molecule has 0 fully saturated rings. The molecule has 0 saturated carbocycles. The normalized spacial score (nSPS) is 11.6. The number of nitrogens with one attached hydrogen (secondary N) is 1. The van der Waals surface area contributed by atoms with Crippen molar-refractivity contribution >= 4 is 33.4 Å². The lowest BCUT2D eigenvalue weighted by Crippen LogP contribution is -2.31. The van der Waals surface area contributed by atoms with Gasteiger partial charge in [-0.15, -0.1) is 0 Å². The third-order valence-electron chi connectivity index (χ3n) is 3.01. The van der Waals surface area contributed by atoms with Crippen LogP contribution in [-0.2, 0) is 4.79 Å². The van der Waals surface area contributed by atoms with Crippen LogP contribution in [0.4, 0.5) is 10.1 Å². The van der Waals surface area contributed by atoms with E-state index in [-0.39, 0.29) is 17.0 Å². The molecule has 0 aliphatic rings. The highest BCUT2D eigenvalue weighted by atomic mass is 79.9. The van der Waals surface area contributed by atoms with Gasteiger partial charge < -0.3 is 15.8 Å². The first-order valence-corrected chi connectivity index (χ1v) is 7.49. The topological polar surface area (TPSA) is 81.4 Å². The molecule has 2 rings (SSSR count). The van der Waals surface area contributed by atoms with Gasteiger partial charge in [0.25, 0.3) is 11.8 Å². The number of para-hydroxylation sites is 1. The molecule has 2 amide bonds. The van der Waals surface area contributed by atoms with Gasteiger partial charge in [0.2, 0.25) is 0 Å². The summed E-state index contributed by atoms with van der Waals surface area (Å²) in [7, 11) is 0. The molecule has 1 atom stereocenters. The fourth-order valence-corrected chi connectivity index (χ4v) is 2.18. The van der Waals surface area contributed by atoms with E-state index in [1.165, 1.54) is 31.2 Å². The van der Waals surface area contributed by atoms with Gasteiger partial charge in [0.05, 0.1) is 11.3 Å². The summed E-state index contributed by atoms with van der Waals surface area (Å²) in [4.78, 5) is 23.4. The van der Waals surface area contributed by atoms with Crippen LogP contribution in [0.25, 0.3) is 0 Å². The van der Waals surface area contributed by atoms with Crippen molar-refractivity contribution in [3.05, 3.63) is 58.3 Å². The van der Waals surface area contributed by atoms with Crippen molar-refractivity contribution in [1.29, 1.82) is 0 Å². The van der Waals surface area contributed by atoms with E-state index in [4.69, 9.17) is 10.5 Å². The van der Waals surface area contributed by atoms with Crippen LogP contribution in [0.2, 0.25) is 0 Å². The van der Waals surface area contributed by atoms with Crippen LogP contribution in [0.1, 0.15) is 17.3 Å². The number of ether oxygens (including phenoxy) is 1. The second-order valence-electron chi connectivity index (χ2n) is 4.73. The second kappa shape index (κ2) is 7.23. The number of halogens is 2. The van der Waals surface area contributed by atoms with E-state index in [2.05, 4.69) is 21.2 Å². The molecule has 7 heteroatoms. The number of benzene rings is 2. The Morgan fingerprint density at radius 2 is 1.96 bits per heavy atom. The molecule has 120 valence electrons. The molecule has 3 N–H and O–H groups in total. The van der Waals surface area contributed by atoms with Crippen LogP contribution in [-0.4, -0.2) is 17.9 Å². The second-order valence-corrected chi connectivity index (χ2v) is 5.65. The van der Waals surface area contributed by atoms with Crippen LogP contribution >= 0.6 is 15.9 Å². The number of anilines is 1. The number of carbonyl (C=O) groups is 2. The monoisotopic (exact) mass is 380 g/mol. The molecule has 0 bridgehead atoms. The van der Waals surface area contributed by atoms with Crippen LogP contribution in [0.3, 0.4) is 0 Å². The quantitative estimate of drug-likeness (QED) is 0.835. The van der Waals surface area contributed by atoms with Gasteiger partial charge in [-0.1, -0.05) is 28.1 Å². The highest BCUT2D eigenvalue weighted by Crippen LogP contribution is 2.21. The minimum absolute atomic E-state index is 0.0387. The third kappa shape index (κ3) is 4.29.